The predicted molar refractivity (Wildman–Crippen MR) is 82.0 cm³/mol. The number of nitrogens with zero attached hydrogens (tertiary/aromatic N) is 1. The largest absolute Gasteiger partial charge is 0.373 e. The molecule has 0 unspecified atom stereocenters. The van der Waals surface area contributed by atoms with E-state index in [1.54, 1.807) is 30.5 Å². The molecule has 2 N–H and O–H groups in total. The van der Waals surface area contributed by atoms with Gasteiger partial charge in [-0.25, -0.2) is 4.98 Å². The molecule has 0 radical (unpaired) electrons. The van der Waals surface area contributed by atoms with Crippen LogP contribution in [-0.2, 0) is 6.54 Å². The van der Waals surface area contributed by atoms with Gasteiger partial charge in [0.15, 0.2) is 0 Å². The van der Waals surface area contributed by atoms with Gasteiger partial charge in [0.25, 0.3) is 5.91 Å². The summed E-state index contributed by atoms with van der Waals surface area (Å²) in [5.74, 6) is 0.391. The van der Waals surface area contributed by atoms with Crippen LogP contribution in [0.5, 0.6) is 0 Å². The Balaban J connectivity index is 2.05. The lowest BCUT2D eigenvalue weighted by atomic mass is 10.2. The van der Waals surface area contributed by atoms with Gasteiger partial charge < -0.3 is 10.6 Å². The second-order valence-corrected chi connectivity index (χ2v) is 6.03. The lowest BCUT2D eigenvalue weighted by molar-refractivity contribution is 0.0951. The molecule has 0 atom stereocenters. The lowest BCUT2D eigenvalue weighted by Gasteiger charge is -2.06. The molecule has 2 heterocycles. The SMILES string of the molecule is CNc1cc(C(=O)NCc2cc(Br)cs2)cc(Cl)n1. The second-order valence-electron chi connectivity index (χ2n) is 3.73. The lowest BCUT2D eigenvalue weighted by Crippen LogP contribution is -2.22. The molecule has 2 aromatic rings. The zero-order valence-electron chi connectivity index (χ0n) is 10.0. The third-order valence-electron chi connectivity index (χ3n) is 2.36. The molecule has 0 fully saturated rings. The molecular weight excluding hydrogens is 350 g/mol. The van der Waals surface area contributed by atoms with E-state index in [9.17, 15) is 4.79 Å². The van der Waals surface area contributed by atoms with E-state index in [1.807, 2.05) is 11.4 Å². The van der Waals surface area contributed by atoms with Gasteiger partial charge in [-0.2, -0.15) is 0 Å². The van der Waals surface area contributed by atoms with Crippen molar-refractivity contribution in [3.8, 4) is 0 Å². The molecule has 0 saturated carbocycles. The Bertz CT molecular complexity index is 602. The minimum absolute atomic E-state index is 0.176. The van der Waals surface area contributed by atoms with Crippen molar-refractivity contribution in [3.05, 3.63) is 43.6 Å². The van der Waals surface area contributed by atoms with E-state index in [-0.39, 0.29) is 11.1 Å². The molecule has 0 aliphatic heterocycles. The highest BCUT2D eigenvalue weighted by atomic mass is 79.9. The minimum Gasteiger partial charge on any atom is -0.373 e. The summed E-state index contributed by atoms with van der Waals surface area (Å²) in [5, 5.41) is 7.97. The number of rotatable bonds is 4. The Morgan fingerprint density at radius 3 is 2.89 bits per heavy atom. The van der Waals surface area contributed by atoms with Crippen molar-refractivity contribution in [3.63, 3.8) is 0 Å². The fourth-order valence-corrected chi connectivity index (χ4v) is 3.07. The van der Waals surface area contributed by atoms with Gasteiger partial charge >= 0.3 is 0 Å². The molecule has 19 heavy (non-hydrogen) atoms. The van der Waals surface area contributed by atoms with Crippen LogP contribution in [0, 0.1) is 0 Å². The third kappa shape index (κ3) is 3.92. The topological polar surface area (TPSA) is 54.0 Å². The summed E-state index contributed by atoms with van der Waals surface area (Å²) in [7, 11) is 1.73. The zero-order valence-corrected chi connectivity index (χ0v) is 13.2. The van der Waals surface area contributed by atoms with Crippen molar-refractivity contribution >= 4 is 50.6 Å². The molecule has 0 aliphatic rings. The van der Waals surface area contributed by atoms with Gasteiger partial charge in [0.1, 0.15) is 11.0 Å². The Morgan fingerprint density at radius 2 is 2.26 bits per heavy atom. The number of nitrogens with one attached hydrogen (secondary N) is 2. The number of carbonyl (C=O) groups excluding carboxylic acids is 1. The van der Waals surface area contributed by atoms with E-state index < -0.39 is 0 Å². The van der Waals surface area contributed by atoms with Crippen LogP contribution in [0.2, 0.25) is 5.15 Å². The van der Waals surface area contributed by atoms with Crippen LogP contribution in [0.4, 0.5) is 5.82 Å². The quantitative estimate of drug-likeness (QED) is 0.820. The maximum atomic E-state index is 12.0. The van der Waals surface area contributed by atoms with Crippen molar-refractivity contribution in [2.24, 2.45) is 0 Å². The van der Waals surface area contributed by atoms with E-state index in [1.165, 1.54) is 0 Å². The maximum absolute atomic E-state index is 12.0. The van der Waals surface area contributed by atoms with Crippen molar-refractivity contribution in [2.75, 3.05) is 12.4 Å². The van der Waals surface area contributed by atoms with Gasteiger partial charge in [-0.05, 0) is 34.1 Å². The average Bonchev–Trinajstić information content (AvgIpc) is 2.81. The highest BCUT2D eigenvalue weighted by Crippen LogP contribution is 2.20. The van der Waals surface area contributed by atoms with Crippen LogP contribution in [-0.4, -0.2) is 17.9 Å². The molecule has 0 spiro atoms. The summed E-state index contributed by atoms with van der Waals surface area (Å²) < 4.78 is 1.02. The molecule has 1 amide bonds. The smallest absolute Gasteiger partial charge is 0.251 e. The van der Waals surface area contributed by atoms with Gasteiger partial charge in [-0.15, -0.1) is 11.3 Å². The van der Waals surface area contributed by atoms with Gasteiger partial charge in [-0.3, -0.25) is 4.79 Å². The Morgan fingerprint density at radius 1 is 1.47 bits per heavy atom. The van der Waals surface area contributed by atoms with E-state index >= 15 is 0 Å². The molecule has 2 rings (SSSR count). The molecule has 0 aromatic carbocycles. The second kappa shape index (κ2) is 6.36. The summed E-state index contributed by atoms with van der Waals surface area (Å²) in [4.78, 5) is 17.1. The number of hydrogen-bond acceptors (Lipinski definition) is 4. The Hall–Kier alpha value is -1.11. The number of halogens is 2. The standard InChI is InChI=1S/C12H11BrClN3OS/c1-15-11-3-7(2-10(14)17-11)12(18)16-5-9-4-8(13)6-19-9/h2-4,6H,5H2,1H3,(H,15,17)(H,16,18). The van der Waals surface area contributed by atoms with Crippen molar-refractivity contribution in [1.82, 2.24) is 10.3 Å². The number of hydrogen-bond donors (Lipinski definition) is 2. The van der Waals surface area contributed by atoms with Crippen molar-refractivity contribution < 1.29 is 4.79 Å². The van der Waals surface area contributed by atoms with Gasteiger partial charge in [-0.1, -0.05) is 11.6 Å². The summed E-state index contributed by atoms with van der Waals surface area (Å²) in [5.41, 5.74) is 0.486. The minimum atomic E-state index is -0.176. The molecule has 0 bridgehead atoms. The van der Waals surface area contributed by atoms with E-state index in [0.29, 0.717) is 17.9 Å². The van der Waals surface area contributed by atoms with E-state index in [2.05, 4.69) is 31.5 Å². The van der Waals surface area contributed by atoms with Gasteiger partial charge in [0.05, 0.1) is 6.54 Å². The summed E-state index contributed by atoms with van der Waals surface area (Å²) in [6.07, 6.45) is 0. The summed E-state index contributed by atoms with van der Waals surface area (Å²) in [6, 6.07) is 5.18. The number of aromatic nitrogens is 1. The average molecular weight is 361 g/mol. The van der Waals surface area contributed by atoms with Crippen LogP contribution in [0.1, 0.15) is 15.2 Å². The Labute approximate surface area is 128 Å². The first kappa shape index (κ1) is 14.3. The number of amides is 1. The predicted octanol–water partition coefficient (Wildman–Crippen LogP) is 3.53. The maximum Gasteiger partial charge on any atom is 0.251 e. The highest BCUT2D eigenvalue weighted by molar-refractivity contribution is 9.10. The first-order chi connectivity index (χ1) is 9.08. The van der Waals surface area contributed by atoms with Gasteiger partial charge in [0.2, 0.25) is 0 Å². The normalized spacial score (nSPS) is 10.3. The first-order valence-corrected chi connectivity index (χ1v) is 7.50. The van der Waals surface area contributed by atoms with Crippen LogP contribution < -0.4 is 10.6 Å². The van der Waals surface area contributed by atoms with E-state index in [4.69, 9.17) is 11.6 Å². The third-order valence-corrected chi connectivity index (χ3v) is 4.25. The Kier molecular flexibility index (Phi) is 4.79. The van der Waals surface area contributed by atoms with E-state index in [0.717, 1.165) is 9.35 Å². The molecular formula is C12H11BrClN3OS. The van der Waals surface area contributed by atoms with Crippen LogP contribution in [0.15, 0.2) is 28.1 Å². The molecule has 0 saturated heterocycles. The zero-order chi connectivity index (χ0) is 13.8. The summed E-state index contributed by atoms with van der Waals surface area (Å²) >= 11 is 10.8. The van der Waals surface area contributed by atoms with Crippen LogP contribution in [0.25, 0.3) is 0 Å². The van der Waals surface area contributed by atoms with Crippen LogP contribution >= 0.6 is 38.9 Å². The highest BCUT2D eigenvalue weighted by Gasteiger charge is 2.09. The molecule has 0 aliphatic carbocycles. The number of carbonyl (C=O) groups is 1. The number of thiophene rings is 1. The van der Waals surface area contributed by atoms with Crippen LogP contribution in [0.3, 0.4) is 0 Å². The fourth-order valence-electron chi connectivity index (χ4n) is 1.47. The van der Waals surface area contributed by atoms with Crippen molar-refractivity contribution in [2.45, 2.75) is 6.54 Å². The number of anilines is 1. The number of pyridine rings is 1. The van der Waals surface area contributed by atoms with Gasteiger partial charge in [0, 0.05) is 27.3 Å². The molecule has 100 valence electrons. The molecule has 2 aromatic heterocycles. The molecule has 7 heteroatoms. The first-order valence-electron chi connectivity index (χ1n) is 5.45. The van der Waals surface area contributed by atoms with Crippen molar-refractivity contribution in [1.29, 1.82) is 0 Å². The molecule has 4 nitrogen and oxygen atoms in total. The fraction of sp³-hybridized carbons (Fsp3) is 0.167. The summed E-state index contributed by atoms with van der Waals surface area (Å²) in [6.45, 7) is 0.490. The monoisotopic (exact) mass is 359 g/mol.